The van der Waals surface area contributed by atoms with Gasteiger partial charge in [0, 0.05) is 17.6 Å². The van der Waals surface area contributed by atoms with Gasteiger partial charge in [-0.25, -0.2) is 9.97 Å². The van der Waals surface area contributed by atoms with E-state index in [1.165, 1.54) is 5.56 Å². The number of aryl methyl sites for hydroxylation is 2. The van der Waals surface area contributed by atoms with E-state index in [1.807, 2.05) is 43.3 Å². The number of carbonyl (C=O) groups is 1. The first-order chi connectivity index (χ1) is 12.6. The lowest BCUT2D eigenvalue weighted by molar-refractivity contribution is -0.117. The van der Waals surface area contributed by atoms with Crippen molar-refractivity contribution in [2.75, 3.05) is 16.8 Å². The van der Waals surface area contributed by atoms with Gasteiger partial charge in [0.05, 0.1) is 5.52 Å². The minimum absolute atomic E-state index is 0.0251. The number of hydrogen-bond donors (Lipinski definition) is 1. The van der Waals surface area contributed by atoms with Crippen molar-refractivity contribution in [1.82, 2.24) is 9.97 Å². The molecule has 5 heteroatoms. The van der Waals surface area contributed by atoms with Crippen LogP contribution in [0.3, 0.4) is 0 Å². The second-order valence-corrected chi connectivity index (χ2v) is 6.87. The number of nitrogens with one attached hydrogen (secondary N) is 1. The molecule has 0 spiro atoms. The topological polar surface area (TPSA) is 58.1 Å². The number of benzene rings is 2. The highest BCUT2D eigenvalue weighted by Gasteiger charge is 2.32. The predicted octanol–water partition coefficient (Wildman–Crippen LogP) is 3.85. The summed E-state index contributed by atoms with van der Waals surface area (Å²) in [5.41, 5.74) is 4.05. The summed E-state index contributed by atoms with van der Waals surface area (Å²) in [7, 11) is 0. The van der Waals surface area contributed by atoms with Gasteiger partial charge < -0.3 is 10.2 Å². The van der Waals surface area contributed by atoms with E-state index >= 15 is 0 Å². The van der Waals surface area contributed by atoms with Gasteiger partial charge in [-0.3, -0.25) is 4.79 Å². The Bertz CT molecular complexity index is 964. The van der Waals surface area contributed by atoms with Crippen LogP contribution in [0, 0.1) is 13.8 Å². The van der Waals surface area contributed by atoms with E-state index in [-0.39, 0.29) is 11.9 Å². The van der Waals surface area contributed by atoms with Gasteiger partial charge in [-0.2, -0.15) is 0 Å². The lowest BCUT2D eigenvalue weighted by atomic mass is 10.1. The van der Waals surface area contributed by atoms with Crippen LogP contribution in [0.4, 0.5) is 11.5 Å². The maximum Gasteiger partial charge on any atom is 0.247 e. The van der Waals surface area contributed by atoms with Crippen molar-refractivity contribution < 1.29 is 4.79 Å². The predicted molar refractivity (Wildman–Crippen MR) is 104 cm³/mol. The van der Waals surface area contributed by atoms with Crippen LogP contribution in [0.15, 0.2) is 48.8 Å². The molecule has 4 rings (SSSR count). The van der Waals surface area contributed by atoms with Gasteiger partial charge >= 0.3 is 0 Å². The van der Waals surface area contributed by atoms with Crippen LogP contribution in [0.2, 0.25) is 0 Å². The molecule has 0 unspecified atom stereocenters. The molecular formula is C21H22N4O. The molecule has 1 N–H and O–H groups in total. The van der Waals surface area contributed by atoms with Crippen LogP contribution in [-0.2, 0) is 4.79 Å². The standard InChI is InChI=1S/C21H22N4O/c1-14-9-10-17(15(2)12-14)24-21(26)19-8-5-11-25(19)20-16-6-3-4-7-18(16)22-13-23-20/h3-4,6-7,9-10,12-13,19H,5,8,11H2,1-2H3,(H,24,26)/t19-/m0/s1. The summed E-state index contributed by atoms with van der Waals surface area (Å²) in [6, 6.07) is 13.8. The molecule has 1 aliphatic heterocycles. The fourth-order valence-electron chi connectivity index (χ4n) is 3.68. The molecule has 1 aliphatic rings. The zero-order valence-electron chi connectivity index (χ0n) is 15.1. The van der Waals surface area contributed by atoms with Crippen molar-refractivity contribution >= 4 is 28.3 Å². The Morgan fingerprint density at radius 3 is 2.85 bits per heavy atom. The SMILES string of the molecule is Cc1ccc(NC(=O)[C@@H]2CCCN2c2ncnc3ccccc23)c(C)c1. The third kappa shape index (κ3) is 3.01. The minimum atomic E-state index is -0.214. The summed E-state index contributed by atoms with van der Waals surface area (Å²) in [6.07, 6.45) is 3.38. The van der Waals surface area contributed by atoms with Crippen molar-refractivity contribution in [1.29, 1.82) is 0 Å². The molecule has 132 valence electrons. The van der Waals surface area contributed by atoms with Crippen LogP contribution in [0.1, 0.15) is 24.0 Å². The summed E-state index contributed by atoms with van der Waals surface area (Å²) in [5, 5.41) is 4.09. The molecule has 3 aromatic rings. The zero-order chi connectivity index (χ0) is 18.1. The first-order valence-electron chi connectivity index (χ1n) is 8.98. The Hall–Kier alpha value is -2.95. The molecule has 0 saturated carbocycles. The number of fused-ring (bicyclic) bond motifs is 1. The van der Waals surface area contributed by atoms with E-state index in [1.54, 1.807) is 6.33 Å². The summed E-state index contributed by atoms with van der Waals surface area (Å²) in [5.74, 6) is 0.867. The van der Waals surface area contributed by atoms with Gasteiger partial charge in [-0.15, -0.1) is 0 Å². The highest BCUT2D eigenvalue weighted by molar-refractivity contribution is 5.99. The molecule has 1 saturated heterocycles. The smallest absolute Gasteiger partial charge is 0.247 e. The largest absolute Gasteiger partial charge is 0.344 e. The first-order valence-corrected chi connectivity index (χ1v) is 8.98. The van der Waals surface area contributed by atoms with Gasteiger partial charge in [0.25, 0.3) is 0 Å². The summed E-state index contributed by atoms with van der Waals surface area (Å²) in [4.78, 5) is 23.9. The summed E-state index contributed by atoms with van der Waals surface area (Å²) in [6.45, 7) is 4.90. The molecule has 1 fully saturated rings. The van der Waals surface area contributed by atoms with Crippen molar-refractivity contribution in [3.63, 3.8) is 0 Å². The monoisotopic (exact) mass is 346 g/mol. The molecule has 2 aromatic carbocycles. The lowest BCUT2D eigenvalue weighted by Gasteiger charge is -2.26. The van der Waals surface area contributed by atoms with E-state index in [9.17, 15) is 4.79 Å². The fraction of sp³-hybridized carbons (Fsp3) is 0.286. The number of aromatic nitrogens is 2. The third-order valence-electron chi connectivity index (χ3n) is 4.99. The number of amides is 1. The molecule has 1 atom stereocenters. The Balaban J connectivity index is 1.62. The highest BCUT2D eigenvalue weighted by atomic mass is 16.2. The van der Waals surface area contributed by atoms with E-state index in [0.717, 1.165) is 47.4 Å². The number of nitrogens with zero attached hydrogens (tertiary/aromatic N) is 3. The molecule has 0 bridgehead atoms. The summed E-state index contributed by atoms with van der Waals surface area (Å²) < 4.78 is 0. The number of para-hydroxylation sites is 1. The van der Waals surface area contributed by atoms with E-state index in [4.69, 9.17) is 0 Å². The fourth-order valence-corrected chi connectivity index (χ4v) is 3.68. The average molecular weight is 346 g/mol. The number of anilines is 2. The van der Waals surface area contributed by atoms with Gasteiger partial charge in [0.15, 0.2) is 0 Å². The number of hydrogen-bond acceptors (Lipinski definition) is 4. The quantitative estimate of drug-likeness (QED) is 0.782. The van der Waals surface area contributed by atoms with Crippen LogP contribution < -0.4 is 10.2 Å². The maximum absolute atomic E-state index is 13.0. The molecule has 0 aliphatic carbocycles. The molecule has 5 nitrogen and oxygen atoms in total. The van der Waals surface area contributed by atoms with Crippen LogP contribution >= 0.6 is 0 Å². The van der Waals surface area contributed by atoms with Crippen molar-refractivity contribution in [2.24, 2.45) is 0 Å². The first kappa shape index (κ1) is 16.5. The van der Waals surface area contributed by atoms with Gasteiger partial charge in [0.2, 0.25) is 5.91 Å². The van der Waals surface area contributed by atoms with Gasteiger partial charge in [0.1, 0.15) is 18.2 Å². The van der Waals surface area contributed by atoms with Gasteiger partial charge in [-0.1, -0.05) is 29.8 Å². The van der Waals surface area contributed by atoms with Crippen molar-refractivity contribution in [2.45, 2.75) is 32.7 Å². The van der Waals surface area contributed by atoms with E-state index in [0.29, 0.717) is 0 Å². The maximum atomic E-state index is 13.0. The Kier molecular flexibility index (Phi) is 4.29. The lowest BCUT2D eigenvalue weighted by Crippen LogP contribution is -2.40. The summed E-state index contributed by atoms with van der Waals surface area (Å²) >= 11 is 0. The van der Waals surface area contributed by atoms with Crippen LogP contribution in [0.25, 0.3) is 10.9 Å². The molecule has 0 radical (unpaired) electrons. The number of rotatable bonds is 3. The second kappa shape index (κ2) is 6.75. The molecule has 1 amide bonds. The molecular weight excluding hydrogens is 324 g/mol. The Labute approximate surface area is 153 Å². The van der Waals surface area contributed by atoms with Crippen molar-refractivity contribution in [3.8, 4) is 0 Å². The Morgan fingerprint density at radius 1 is 1.15 bits per heavy atom. The normalized spacial score (nSPS) is 16.8. The van der Waals surface area contributed by atoms with Crippen LogP contribution in [0.5, 0.6) is 0 Å². The molecule has 1 aromatic heterocycles. The minimum Gasteiger partial charge on any atom is -0.344 e. The number of carbonyl (C=O) groups excluding carboxylic acids is 1. The third-order valence-corrected chi connectivity index (χ3v) is 4.99. The molecule has 2 heterocycles. The highest BCUT2D eigenvalue weighted by Crippen LogP contribution is 2.30. The van der Waals surface area contributed by atoms with Crippen LogP contribution in [-0.4, -0.2) is 28.5 Å². The van der Waals surface area contributed by atoms with Gasteiger partial charge in [-0.05, 0) is 50.5 Å². The average Bonchev–Trinajstić information content (AvgIpc) is 3.13. The second-order valence-electron chi connectivity index (χ2n) is 6.87. The molecule has 26 heavy (non-hydrogen) atoms. The van der Waals surface area contributed by atoms with E-state index in [2.05, 4.69) is 33.2 Å². The zero-order valence-corrected chi connectivity index (χ0v) is 15.1. The Morgan fingerprint density at radius 2 is 2.00 bits per heavy atom. The van der Waals surface area contributed by atoms with Crippen molar-refractivity contribution in [3.05, 3.63) is 59.9 Å². The van der Waals surface area contributed by atoms with E-state index < -0.39 is 0 Å².